The van der Waals surface area contributed by atoms with Gasteiger partial charge in [0, 0.05) is 25.0 Å². The van der Waals surface area contributed by atoms with Gasteiger partial charge in [0.25, 0.3) is 0 Å². The smallest absolute Gasteiger partial charge is 0.320 e. The number of hydrogen-bond donors (Lipinski definition) is 3. The molecule has 1 atom stereocenters. The molecule has 2 heterocycles. The van der Waals surface area contributed by atoms with Gasteiger partial charge in [0.2, 0.25) is 0 Å². The molecule has 4 N–H and O–H groups in total. The number of pyridine rings is 1. The molecule has 0 saturated heterocycles. The number of aliphatic carboxylic acids is 1. The Kier molecular flexibility index (Phi) is 5.00. The molecule has 3 aromatic rings. The Morgan fingerprint density at radius 2 is 2.05 bits per heavy atom. The largest absolute Gasteiger partial charge is 0.480 e. The summed E-state index contributed by atoms with van der Waals surface area (Å²) < 4.78 is 0. The summed E-state index contributed by atoms with van der Waals surface area (Å²) in [6.45, 7) is 0. The van der Waals surface area contributed by atoms with Crippen LogP contribution in [0.25, 0.3) is 10.8 Å². The molecule has 0 saturated carbocycles. The molecule has 108 valence electrons. The molecule has 6 nitrogen and oxygen atoms in total. The fourth-order valence-electron chi connectivity index (χ4n) is 1.74. The molecule has 6 heteroatoms. The number of aromatic amines is 1. The summed E-state index contributed by atoms with van der Waals surface area (Å²) in [5.41, 5.74) is 5.92. The first-order valence-electron chi connectivity index (χ1n) is 6.41. The van der Waals surface area contributed by atoms with Gasteiger partial charge in [-0.1, -0.05) is 24.3 Å². The topological polar surface area (TPSA) is 105 Å². The molecule has 0 aliphatic rings. The molecule has 0 aliphatic carbocycles. The van der Waals surface area contributed by atoms with Crippen LogP contribution in [0.4, 0.5) is 0 Å². The zero-order valence-corrected chi connectivity index (χ0v) is 11.3. The highest BCUT2D eigenvalue weighted by atomic mass is 16.4. The summed E-state index contributed by atoms with van der Waals surface area (Å²) in [7, 11) is 0. The van der Waals surface area contributed by atoms with Crippen LogP contribution < -0.4 is 5.73 Å². The van der Waals surface area contributed by atoms with E-state index in [0.29, 0.717) is 5.69 Å². The number of benzene rings is 1. The minimum absolute atomic E-state index is 0.263. The summed E-state index contributed by atoms with van der Waals surface area (Å²) >= 11 is 0. The van der Waals surface area contributed by atoms with Crippen molar-refractivity contribution < 1.29 is 9.90 Å². The van der Waals surface area contributed by atoms with Crippen molar-refractivity contribution in [2.45, 2.75) is 12.5 Å². The van der Waals surface area contributed by atoms with E-state index in [9.17, 15) is 4.79 Å². The van der Waals surface area contributed by atoms with Gasteiger partial charge >= 0.3 is 5.97 Å². The highest BCUT2D eigenvalue weighted by molar-refractivity contribution is 5.80. The zero-order valence-electron chi connectivity index (χ0n) is 11.3. The van der Waals surface area contributed by atoms with Gasteiger partial charge in [0.05, 0.1) is 12.0 Å². The molecule has 21 heavy (non-hydrogen) atoms. The highest BCUT2D eigenvalue weighted by Gasteiger charge is 2.12. The minimum Gasteiger partial charge on any atom is -0.480 e. The number of H-pyrrole nitrogens is 1. The number of carboxylic acid groups (broad SMARTS) is 1. The lowest BCUT2D eigenvalue weighted by molar-refractivity contribution is -0.138. The molecule has 0 spiro atoms. The predicted molar refractivity (Wildman–Crippen MR) is 79.6 cm³/mol. The lowest BCUT2D eigenvalue weighted by Gasteiger charge is -2.01. The number of rotatable bonds is 3. The van der Waals surface area contributed by atoms with Gasteiger partial charge in [0.15, 0.2) is 0 Å². The summed E-state index contributed by atoms with van der Waals surface area (Å²) in [5, 5.41) is 10.9. The third-order valence-electron chi connectivity index (χ3n) is 2.85. The van der Waals surface area contributed by atoms with Crippen LogP contribution in [0.2, 0.25) is 0 Å². The molecule has 0 fully saturated rings. The first-order chi connectivity index (χ1) is 10.2. The molecule has 0 amide bonds. The van der Waals surface area contributed by atoms with Crippen molar-refractivity contribution >= 4 is 16.7 Å². The number of hydrogen-bond acceptors (Lipinski definition) is 4. The second-order valence-electron chi connectivity index (χ2n) is 4.43. The van der Waals surface area contributed by atoms with Crippen LogP contribution in [0.15, 0.2) is 55.2 Å². The van der Waals surface area contributed by atoms with Crippen LogP contribution in [0.5, 0.6) is 0 Å². The average Bonchev–Trinajstić information content (AvgIpc) is 3.01. The summed E-state index contributed by atoms with van der Waals surface area (Å²) in [6, 6.07) is 9.33. The predicted octanol–water partition coefficient (Wildman–Crippen LogP) is 1.60. The quantitative estimate of drug-likeness (QED) is 0.677. The molecule has 0 bridgehead atoms. The van der Waals surface area contributed by atoms with Crippen LogP contribution >= 0.6 is 0 Å². The van der Waals surface area contributed by atoms with Crippen molar-refractivity contribution in [2.75, 3.05) is 0 Å². The number of carboxylic acids is 1. The first kappa shape index (κ1) is 14.7. The van der Waals surface area contributed by atoms with Crippen LogP contribution in [0.1, 0.15) is 5.69 Å². The second kappa shape index (κ2) is 7.16. The Bertz CT molecular complexity index is 632. The number of nitrogens with zero attached hydrogens (tertiary/aromatic N) is 2. The molecule has 0 aliphatic heterocycles. The summed E-state index contributed by atoms with van der Waals surface area (Å²) in [6.07, 6.45) is 7.06. The SMILES string of the molecule is NC(Cc1c[nH]cn1)C(=O)O.c1ccc2cnccc2c1. The fourth-order valence-corrected chi connectivity index (χ4v) is 1.74. The van der Waals surface area contributed by atoms with E-state index < -0.39 is 12.0 Å². The maximum Gasteiger partial charge on any atom is 0.320 e. The number of nitrogens with one attached hydrogen (secondary N) is 1. The maximum absolute atomic E-state index is 10.3. The summed E-state index contributed by atoms with van der Waals surface area (Å²) in [5.74, 6) is -1.01. The van der Waals surface area contributed by atoms with Crippen molar-refractivity contribution in [2.24, 2.45) is 5.73 Å². The van der Waals surface area contributed by atoms with E-state index in [1.165, 1.54) is 17.1 Å². The van der Waals surface area contributed by atoms with E-state index in [-0.39, 0.29) is 6.42 Å². The number of carbonyl (C=O) groups is 1. The van der Waals surface area contributed by atoms with E-state index >= 15 is 0 Å². The van der Waals surface area contributed by atoms with Crippen molar-refractivity contribution in [1.29, 1.82) is 0 Å². The van der Waals surface area contributed by atoms with Gasteiger partial charge in [-0.3, -0.25) is 9.78 Å². The molecule has 0 radical (unpaired) electrons. The molecule has 3 rings (SSSR count). The Labute approximate surface area is 121 Å². The Hall–Kier alpha value is -2.73. The van der Waals surface area contributed by atoms with Crippen molar-refractivity contribution in [3.63, 3.8) is 0 Å². The average molecular weight is 284 g/mol. The fraction of sp³-hybridized carbons (Fsp3) is 0.133. The number of nitrogens with two attached hydrogens (primary N) is 1. The molecular weight excluding hydrogens is 268 g/mol. The number of aromatic nitrogens is 3. The maximum atomic E-state index is 10.3. The van der Waals surface area contributed by atoms with Crippen molar-refractivity contribution in [3.8, 4) is 0 Å². The monoisotopic (exact) mass is 284 g/mol. The van der Waals surface area contributed by atoms with Crippen LogP contribution in [-0.2, 0) is 11.2 Å². The van der Waals surface area contributed by atoms with Gasteiger partial charge in [-0.05, 0) is 16.8 Å². The lowest BCUT2D eigenvalue weighted by Crippen LogP contribution is -2.32. The first-order valence-corrected chi connectivity index (χ1v) is 6.41. The Morgan fingerprint density at radius 1 is 1.29 bits per heavy atom. The third-order valence-corrected chi connectivity index (χ3v) is 2.85. The van der Waals surface area contributed by atoms with E-state index in [4.69, 9.17) is 10.8 Å². The Morgan fingerprint density at radius 3 is 2.67 bits per heavy atom. The van der Waals surface area contributed by atoms with Crippen molar-refractivity contribution in [3.05, 3.63) is 60.9 Å². The lowest BCUT2D eigenvalue weighted by atomic mass is 10.2. The number of fused-ring (bicyclic) bond motifs is 1. The van der Waals surface area contributed by atoms with E-state index in [0.717, 1.165) is 0 Å². The van der Waals surface area contributed by atoms with Gasteiger partial charge in [-0.2, -0.15) is 0 Å². The molecular formula is C15H16N4O2. The van der Waals surface area contributed by atoms with Gasteiger partial charge < -0.3 is 15.8 Å². The van der Waals surface area contributed by atoms with Crippen LogP contribution in [-0.4, -0.2) is 32.1 Å². The van der Waals surface area contributed by atoms with Gasteiger partial charge in [0.1, 0.15) is 6.04 Å². The van der Waals surface area contributed by atoms with E-state index in [1.54, 1.807) is 6.20 Å². The second-order valence-corrected chi connectivity index (χ2v) is 4.43. The molecule has 2 aromatic heterocycles. The third kappa shape index (κ3) is 4.39. The van der Waals surface area contributed by atoms with Gasteiger partial charge in [-0.15, -0.1) is 0 Å². The van der Waals surface area contributed by atoms with Crippen molar-refractivity contribution in [1.82, 2.24) is 15.0 Å². The Balaban J connectivity index is 0.000000154. The van der Waals surface area contributed by atoms with E-state index in [2.05, 4.69) is 27.1 Å². The standard InChI is InChI=1S/C9H7N.C6H9N3O2/c1-2-4-9-7-10-6-5-8(9)3-1;7-5(6(10)11)1-4-2-8-3-9-4/h1-7H;2-3,5H,1,7H2,(H,8,9)(H,10,11). The van der Waals surface area contributed by atoms with Crippen LogP contribution in [0, 0.1) is 0 Å². The minimum atomic E-state index is -1.01. The molecule has 1 unspecified atom stereocenters. The number of imidazole rings is 1. The highest BCUT2D eigenvalue weighted by Crippen LogP contribution is 2.09. The normalized spacial score (nSPS) is 11.5. The summed E-state index contributed by atoms with van der Waals surface area (Å²) in [4.78, 5) is 20.8. The zero-order chi connectivity index (χ0) is 15.1. The van der Waals surface area contributed by atoms with E-state index in [1.807, 2.05) is 30.6 Å². The molecule has 1 aromatic carbocycles. The van der Waals surface area contributed by atoms with Gasteiger partial charge in [-0.25, -0.2) is 4.98 Å². The van der Waals surface area contributed by atoms with Crippen LogP contribution in [0.3, 0.4) is 0 Å².